The largest absolute Gasteiger partial charge is 0.376 e. The van der Waals surface area contributed by atoms with Crippen LogP contribution >= 0.6 is 0 Å². The van der Waals surface area contributed by atoms with Crippen LogP contribution < -0.4 is 10.6 Å². The molecule has 1 aromatic rings. The lowest BCUT2D eigenvalue weighted by molar-refractivity contribution is 0.113. The molecule has 1 aliphatic heterocycles. The first kappa shape index (κ1) is 20.1. The van der Waals surface area contributed by atoms with Crippen LogP contribution in [0.15, 0.2) is 4.99 Å². The van der Waals surface area contributed by atoms with Crippen LogP contribution in [0.1, 0.15) is 64.0 Å². The van der Waals surface area contributed by atoms with Crippen LogP contribution in [0.25, 0.3) is 0 Å². The van der Waals surface area contributed by atoms with Crippen molar-refractivity contribution in [3.63, 3.8) is 0 Å². The zero-order valence-electron chi connectivity index (χ0n) is 17.4. The SMILES string of the molecule is Cc1nnc(CN=C(NCC2CCCO2)NCC(C)(C)C2CCCC2)n1C. The number of ether oxygens (including phenoxy) is 1. The van der Waals surface area contributed by atoms with E-state index >= 15 is 0 Å². The lowest BCUT2D eigenvalue weighted by Crippen LogP contribution is -2.46. The fourth-order valence-electron chi connectivity index (χ4n) is 4.09. The molecule has 7 nitrogen and oxygen atoms in total. The van der Waals surface area contributed by atoms with Gasteiger partial charge in [-0.1, -0.05) is 26.7 Å². The second-order valence-electron chi connectivity index (χ2n) is 8.73. The molecule has 1 aromatic heterocycles. The van der Waals surface area contributed by atoms with Gasteiger partial charge in [0.05, 0.1) is 6.10 Å². The van der Waals surface area contributed by atoms with Crippen molar-refractivity contribution in [2.45, 2.75) is 71.9 Å². The van der Waals surface area contributed by atoms with E-state index < -0.39 is 0 Å². The summed E-state index contributed by atoms with van der Waals surface area (Å²) in [6.45, 7) is 9.82. The molecule has 1 saturated heterocycles. The highest BCUT2D eigenvalue weighted by atomic mass is 16.5. The molecule has 1 aliphatic carbocycles. The fourth-order valence-corrected chi connectivity index (χ4v) is 4.09. The smallest absolute Gasteiger partial charge is 0.191 e. The average molecular weight is 377 g/mol. The molecule has 7 heteroatoms. The number of hydrogen-bond acceptors (Lipinski definition) is 4. The summed E-state index contributed by atoms with van der Waals surface area (Å²) in [5, 5.41) is 15.4. The van der Waals surface area contributed by atoms with Crippen LogP contribution in [0.3, 0.4) is 0 Å². The molecule has 152 valence electrons. The summed E-state index contributed by atoms with van der Waals surface area (Å²) >= 11 is 0. The molecule has 0 spiro atoms. The van der Waals surface area contributed by atoms with E-state index in [9.17, 15) is 0 Å². The van der Waals surface area contributed by atoms with Crippen molar-refractivity contribution in [3.05, 3.63) is 11.6 Å². The quantitative estimate of drug-likeness (QED) is 0.565. The van der Waals surface area contributed by atoms with Gasteiger partial charge in [0.15, 0.2) is 11.8 Å². The molecule has 0 radical (unpaired) electrons. The number of rotatable bonds is 7. The summed E-state index contributed by atoms with van der Waals surface area (Å²) < 4.78 is 7.73. The fraction of sp³-hybridized carbons (Fsp3) is 0.850. The summed E-state index contributed by atoms with van der Waals surface area (Å²) in [6, 6.07) is 0. The molecule has 2 heterocycles. The van der Waals surface area contributed by atoms with Gasteiger partial charge in [0.25, 0.3) is 0 Å². The van der Waals surface area contributed by atoms with E-state index in [4.69, 9.17) is 9.73 Å². The Kier molecular flexibility index (Phi) is 6.73. The van der Waals surface area contributed by atoms with E-state index in [1.807, 2.05) is 18.5 Å². The second kappa shape index (κ2) is 9.04. The van der Waals surface area contributed by atoms with E-state index in [-0.39, 0.29) is 11.5 Å². The highest BCUT2D eigenvalue weighted by molar-refractivity contribution is 5.79. The van der Waals surface area contributed by atoms with Crippen LogP contribution in [0.4, 0.5) is 0 Å². The van der Waals surface area contributed by atoms with E-state index in [2.05, 4.69) is 34.7 Å². The van der Waals surface area contributed by atoms with Gasteiger partial charge in [-0.05, 0) is 43.9 Å². The van der Waals surface area contributed by atoms with Crippen molar-refractivity contribution >= 4 is 5.96 Å². The second-order valence-corrected chi connectivity index (χ2v) is 8.73. The Hall–Kier alpha value is -1.63. The molecule has 1 atom stereocenters. The van der Waals surface area contributed by atoms with E-state index in [0.717, 1.165) is 56.1 Å². The van der Waals surface area contributed by atoms with Crippen molar-refractivity contribution in [3.8, 4) is 0 Å². The standard InChI is InChI=1S/C20H36N6O/c1-15-24-25-18(26(15)4)13-22-19(21-12-17-10-7-11-27-17)23-14-20(2,3)16-8-5-6-9-16/h16-17H,5-14H2,1-4H3,(H2,21,22,23). The monoisotopic (exact) mass is 376 g/mol. The summed E-state index contributed by atoms with van der Waals surface area (Å²) in [6.07, 6.45) is 8.01. The number of nitrogens with zero attached hydrogens (tertiary/aromatic N) is 4. The maximum atomic E-state index is 5.74. The predicted molar refractivity (Wildman–Crippen MR) is 108 cm³/mol. The topological polar surface area (TPSA) is 76.4 Å². The number of nitrogens with one attached hydrogen (secondary N) is 2. The molecule has 3 rings (SSSR count). The molecule has 27 heavy (non-hydrogen) atoms. The highest BCUT2D eigenvalue weighted by Gasteiger charge is 2.31. The molecule has 1 unspecified atom stereocenters. The first-order valence-electron chi connectivity index (χ1n) is 10.4. The third kappa shape index (κ3) is 5.43. The van der Waals surface area contributed by atoms with Gasteiger partial charge in [-0.2, -0.15) is 0 Å². The average Bonchev–Trinajstić information content (AvgIpc) is 3.40. The third-order valence-electron chi connectivity index (χ3n) is 6.25. The summed E-state index contributed by atoms with van der Waals surface area (Å²) in [5.74, 6) is 3.42. The Bertz CT molecular complexity index is 626. The maximum Gasteiger partial charge on any atom is 0.191 e. The Labute approximate surface area is 163 Å². The van der Waals surface area contributed by atoms with Gasteiger partial charge in [0, 0.05) is 26.7 Å². The highest BCUT2D eigenvalue weighted by Crippen LogP contribution is 2.38. The molecular weight excluding hydrogens is 340 g/mol. The van der Waals surface area contributed by atoms with Crippen LogP contribution in [-0.2, 0) is 18.3 Å². The Morgan fingerprint density at radius 1 is 1.19 bits per heavy atom. The number of aromatic nitrogens is 3. The zero-order valence-corrected chi connectivity index (χ0v) is 17.4. The number of guanidine groups is 1. The van der Waals surface area contributed by atoms with Gasteiger partial charge in [-0.15, -0.1) is 10.2 Å². The van der Waals surface area contributed by atoms with E-state index in [1.54, 1.807) is 0 Å². The zero-order chi connectivity index (χ0) is 19.3. The van der Waals surface area contributed by atoms with Gasteiger partial charge in [0.2, 0.25) is 0 Å². The third-order valence-corrected chi connectivity index (χ3v) is 6.25. The minimum Gasteiger partial charge on any atom is -0.376 e. The first-order valence-corrected chi connectivity index (χ1v) is 10.4. The van der Waals surface area contributed by atoms with Crippen LogP contribution in [0, 0.1) is 18.3 Å². The van der Waals surface area contributed by atoms with Gasteiger partial charge < -0.3 is 19.9 Å². The Morgan fingerprint density at radius 3 is 2.59 bits per heavy atom. The number of aryl methyl sites for hydroxylation is 1. The van der Waals surface area contributed by atoms with Crippen LogP contribution in [0.2, 0.25) is 0 Å². The number of aliphatic imine (C=N–C) groups is 1. The molecule has 2 aliphatic rings. The van der Waals surface area contributed by atoms with Crippen LogP contribution in [-0.4, -0.2) is 46.5 Å². The minimum atomic E-state index is 0.268. The molecule has 2 fully saturated rings. The summed E-state index contributed by atoms with van der Waals surface area (Å²) in [4.78, 5) is 4.77. The molecule has 2 N–H and O–H groups in total. The van der Waals surface area contributed by atoms with Crippen molar-refractivity contribution < 1.29 is 4.74 Å². The first-order chi connectivity index (χ1) is 13.0. The van der Waals surface area contributed by atoms with Gasteiger partial charge >= 0.3 is 0 Å². The predicted octanol–water partition coefficient (Wildman–Crippen LogP) is 2.55. The van der Waals surface area contributed by atoms with Crippen molar-refractivity contribution in [1.82, 2.24) is 25.4 Å². The normalized spacial score (nSPS) is 21.8. The van der Waals surface area contributed by atoms with Gasteiger partial charge in [-0.3, -0.25) is 0 Å². The summed E-state index contributed by atoms with van der Waals surface area (Å²) in [5.41, 5.74) is 0.268. The molecule has 0 bridgehead atoms. The van der Waals surface area contributed by atoms with Gasteiger partial charge in [-0.25, -0.2) is 4.99 Å². The lowest BCUT2D eigenvalue weighted by atomic mass is 9.78. The number of hydrogen-bond donors (Lipinski definition) is 2. The van der Waals surface area contributed by atoms with E-state index in [1.165, 1.54) is 25.7 Å². The maximum absolute atomic E-state index is 5.74. The molecule has 1 saturated carbocycles. The summed E-state index contributed by atoms with van der Waals surface area (Å²) in [7, 11) is 1.98. The van der Waals surface area contributed by atoms with E-state index in [0.29, 0.717) is 6.54 Å². The van der Waals surface area contributed by atoms with Crippen LogP contribution in [0.5, 0.6) is 0 Å². The van der Waals surface area contributed by atoms with Gasteiger partial charge in [0.1, 0.15) is 12.4 Å². The molecule has 0 amide bonds. The Morgan fingerprint density at radius 2 is 1.96 bits per heavy atom. The van der Waals surface area contributed by atoms with Crippen molar-refractivity contribution in [1.29, 1.82) is 0 Å². The lowest BCUT2D eigenvalue weighted by Gasteiger charge is -2.32. The van der Waals surface area contributed by atoms with Crippen molar-refractivity contribution in [2.75, 3.05) is 19.7 Å². The van der Waals surface area contributed by atoms with Crippen molar-refractivity contribution in [2.24, 2.45) is 23.4 Å². The Balaban J connectivity index is 1.60. The minimum absolute atomic E-state index is 0.268. The molecular formula is C20H36N6O. The molecule has 0 aromatic carbocycles.